The summed E-state index contributed by atoms with van der Waals surface area (Å²) in [6, 6.07) is 0.489. The van der Waals surface area contributed by atoms with Gasteiger partial charge in [0.25, 0.3) is 0 Å². The topological polar surface area (TPSA) is 75.2 Å². The van der Waals surface area contributed by atoms with Gasteiger partial charge in [-0.05, 0) is 0 Å². The predicted molar refractivity (Wildman–Crippen MR) is 99.2 cm³/mol. The molecule has 0 atom stereocenters. The molecule has 152 valence electrons. The van der Waals surface area contributed by atoms with Gasteiger partial charge in [-0.3, -0.25) is 4.79 Å². The molecule has 0 bridgehead atoms. The first-order chi connectivity index (χ1) is 12.0. The van der Waals surface area contributed by atoms with Crippen molar-refractivity contribution >= 4 is 5.78 Å². The summed E-state index contributed by atoms with van der Waals surface area (Å²) in [6.07, 6.45) is 0. The van der Waals surface area contributed by atoms with Crippen LogP contribution in [0.5, 0.6) is 0 Å². The van der Waals surface area contributed by atoms with E-state index >= 15 is 0 Å². The van der Waals surface area contributed by atoms with E-state index in [1.165, 1.54) is 0 Å². The fourth-order valence-corrected chi connectivity index (χ4v) is 1.64. The summed E-state index contributed by atoms with van der Waals surface area (Å²) in [5.74, 6) is 0.131. The number of carbonyl (C=O) groups is 1. The van der Waals surface area contributed by atoms with Crippen LogP contribution in [0, 0.1) is 5.92 Å². The van der Waals surface area contributed by atoms with Crippen LogP contribution in [0.3, 0.4) is 0 Å². The average molecular weight is 366 g/mol. The van der Waals surface area contributed by atoms with E-state index in [1.807, 2.05) is 13.8 Å². The third-order valence-electron chi connectivity index (χ3n) is 3.18. The summed E-state index contributed by atoms with van der Waals surface area (Å²) in [7, 11) is 0. The fourth-order valence-electron chi connectivity index (χ4n) is 1.64. The molecule has 0 unspecified atom stereocenters. The molecule has 0 aliphatic heterocycles. The molecule has 0 aliphatic rings. The van der Waals surface area contributed by atoms with Crippen LogP contribution < -0.4 is 5.32 Å². The highest BCUT2D eigenvalue weighted by molar-refractivity contribution is 5.81. The van der Waals surface area contributed by atoms with E-state index in [2.05, 4.69) is 19.2 Å². The molecule has 0 rings (SSSR count). The quantitative estimate of drug-likeness (QED) is 0.348. The number of ether oxygens (including phenoxy) is 5. The van der Waals surface area contributed by atoms with Crippen molar-refractivity contribution in [2.75, 3.05) is 72.6 Å². The van der Waals surface area contributed by atoms with Crippen LogP contribution >= 0.6 is 0 Å². The molecule has 0 aromatic rings. The molecule has 0 saturated heterocycles. The maximum Gasteiger partial charge on any atom is 0.160 e. The lowest BCUT2D eigenvalue weighted by Gasteiger charge is -2.09. The van der Waals surface area contributed by atoms with E-state index in [9.17, 15) is 4.79 Å². The lowest BCUT2D eigenvalue weighted by molar-refractivity contribution is -0.127. The molecule has 0 aromatic heterocycles. The average Bonchev–Trinajstić information content (AvgIpc) is 2.57. The maximum atomic E-state index is 11.3. The van der Waals surface area contributed by atoms with Gasteiger partial charge in [-0.25, -0.2) is 0 Å². The van der Waals surface area contributed by atoms with Gasteiger partial charge in [0.05, 0.1) is 59.5 Å². The molecule has 1 N–H and O–H groups in total. The molecular formula is C18H39NO6. The van der Waals surface area contributed by atoms with Crippen molar-refractivity contribution in [3.05, 3.63) is 0 Å². The summed E-state index contributed by atoms with van der Waals surface area (Å²) in [5, 5.41) is 3.28. The third-order valence-corrected chi connectivity index (χ3v) is 3.18. The zero-order valence-electron chi connectivity index (χ0n) is 16.4. The molecule has 0 amide bonds. The summed E-state index contributed by atoms with van der Waals surface area (Å²) in [5.41, 5.74) is 0. The number of hydrogen-bond acceptors (Lipinski definition) is 7. The normalized spacial score (nSPS) is 11.6. The van der Waals surface area contributed by atoms with Crippen molar-refractivity contribution in [2.45, 2.75) is 33.7 Å². The van der Waals surface area contributed by atoms with E-state index in [0.717, 1.165) is 6.54 Å². The molecule has 0 aromatic carbocycles. The van der Waals surface area contributed by atoms with Crippen molar-refractivity contribution in [3.63, 3.8) is 0 Å². The lowest BCUT2D eigenvalue weighted by Crippen LogP contribution is -2.27. The third kappa shape index (κ3) is 19.6. The molecular weight excluding hydrogens is 326 g/mol. The Hall–Kier alpha value is -0.570. The number of nitrogens with one attached hydrogen (secondary N) is 1. The molecule has 0 aliphatic carbocycles. The number of ketones is 1. The second-order valence-electron chi connectivity index (χ2n) is 6.23. The maximum absolute atomic E-state index is 11.3. The fraction of sp³-hybridized carbons (Fsp3) is 0.944. The second-order valence-corrected chi connectivity index (χ2v) is 6.23. The smallest absolute Gasteiger partial charge is 0.160 e. The van der Waals surface area contributed by atoms with E-state index in [0.29, 0.717) is 65.5 Å². The van der Waals surface area contributed by atoms with Gasteiger partial charge in [0, 0.05) is 19.9 Å². The first-order valence-corrected chi connectivity index (χ1v) is 9.18. The number of carbonyl (C=O) groups excluding carboxylic acids is 1. The summed E-state index contributed by atoms with van der Waals surface area (Å²) >= 11 is 0. The van der Waals surface area contributed by atoms with Crippen LogP contribution in [0.15, 0.2) is 0 Å². The van der Waals surface area contributed by atoms with Crippen LogP contribution in [0.25, 0.3) is 0 Å². The van der Waals surface area contributed by atoms with Crippen molar-refractivity contribution < 1.29 is 29.9 Å². The highest BCUT2D eigenvalue weighted by atomic mass is 16.6. The van der Waals surface area contributed by atoms with Crippen LogP contribution in [0.4, 0.5) is 0 Å². The first-order valence-electron chi connectivity index (χ1n) is 9.18. The Balaban J connectivity index is 0. The van der Waals surface area contributed by atoms with Crippen LogP contribution in [-0.4, -0.2) is 84.4 Å². The summed E-state index contributed by atoms with van der Waals surface area (Å²) in [4.78, 5) is 11.3. The highest BCUT2D eigenvalue weighted by Gasteiger charge is 2.06. The summed E-state index contributed by atoms with van der Waals surface area (Å²) in [6.45, 7) is 13.8. The van der Waals surface area contributed by atoms with Crippen molar-refractivity contribution in [2.24, 2.45) is 5.92 Å². The van der Waals surface area contributed by atoms with Crippen LogP contribution in [0.1, 0.15) is 29.1 Å². The number of rotatable bonds is 19. The Bertz CT molecular complexity index is 305. The zero-order chi connectivity index (χ0) is 18.8. The Labute approximate surface area is 154 Å². The van der Waals surface area contributed by atoms with E-state index < -0.39 is 0 Å². The molecule has 0 saturated carbocycles. The van der Waals surface area contributed by atoms with Gasteiger partial charge in [0.1, 0.15) is 6.61 Å². The van der Waals surface area contributed by atoms with Crippen LogP contribution in [-0.2, 0) is 28.5 Å². The zero-order valence-corrected chi connectivity index (χ0v) is 16.4. The monoisotopic (exact) mass is 365 g/mol. The Kier molecular flexibility index (Phi) is 17.8. The standard InChI is InChI=1S/C18H37NO6.H2/c1-16(2)18(20)15-25-14-13-24-12-11-23-10-9-22-8-7-21-6-5-19-17(3)4;/h16-17,19H,5-15H2,1-4H3;1H. The van der Waals surface area contributed by atoms with Gasteiger partial charge in [-0.15, -0.1) is 0 Å². The van der Waals surface area contributed by atoms with Crippen molar-refractivity contribution in [1.82, 2.24) is 5.32 Å². The van der Waals surface area contributed by atoms with Crippen LogP contribution in [0.2, 0.25) is 0 Å². The molecule has 7 nitrogen and oxygen atoms in total. The van der Waals surface area contributed by atoms with Gasteiger partial charge in [0.2, 0.25) is 0 Å². The Morgan fingerprint density at radius 3 is 1.52 bits per heavy atom. The number of Topliss-reactive ketones (excluding diaryl/α,β-unsaturated/α-hetero) is 1. The van der Waals surface area contributed by atoms with Gasteiger partial charge in [-0.2, -0.15) is 0 Å². The van der Waals surface area contributed by atoms with Gasteiger partial charge in [-0.1, -0.05) is 27.7 Å². The predicted octanol–water partition coefficient (Wildman–Crippen LogP) is 1.54. The highest BCUT2D eigenvalue weighted by Crippen LogP contribution is 1.94. The Morgan fingerprint density at radius 1 is 0.720 bits per heavy atom. The van der Waals surface area contributed by atoms with E-state index in [4.69, 9.17) is 23.7 Å². The molecule has 7 heteroatoms. The Morgan fingerprint density at radius 2 is 1.12 bits per heavy atom. The minimum absolute atomic E-state index is 0. The van der Waals surface area contributed by atoms with E-state index in [-0.39, 0.29) is 19.7 Å². The minimum Gasteiger partial charge on any atom is -0.378 e. The van der Waals surface area contributed by atoms with Gasteiger partial charge >= 0.3 is 0 Å². The minimum atomic E-state index is 0. The number of hydrogen-bond donors (Lipinski definition) is 1. The van der Waals surface area contributed by atoms with Crippen molar-refractivity contribution in [3.8, 4) is 0 Å². The molecule has 0 spiro atoms. The van der Waals surface area contributed by atoms with E-state index in [1.54, 1.807) is 0 Å². The first kappa shape index (κ1) is 24.4. The molecule has 0 fully saturated rings. The molecule has 0 radical (unpaired) electrons. The molecule has 0 heterocycles. The van der Waals surface area contributed by atoms with Gasteiger partial charge < -0.3 is 29.0 Å². The molecule has 25 heavy (non-hydrogen) atoms. The second kappa shape index (κ2) is 18.2. The summed E-state index contributed by atoms with van der Waals surface area (Å²) < 4.78 is 26.8. The SMILES string of the molecule is CC(C)NCCOCCOCCOCCOCCOCC(=O)C(C)C.[HH]. The lowest BCUT2D eigenvalue weighted by atomic mass is 10.1. The van der Waals surface area contributed by atoms with Crippen molar-refractivity contribution in [1.29, 1.82) is 0 Å². The van der Waals surface area contributed by atoms with Gasteiger partial charge in [0.15, 0.2) is 5.78 Å². The largest absolute Gasteiger partial charge is 0.378 e.